The summed E-state index contributed by atoms with van der Waals surface area (Å²) >= 11 is 11.7. The van der Waals surface area contributed by atoms with Crippen LogP contribution in [-0.2, 0) is 10.0 Å². The number of benzene rings is 1. The molecule has 0 atom stereocenters. The normalized spacial score (nSPS) is 11.5. The van der Waals surface area contributed by atoms with Crippen LogP contribution in [0.4, 0.5) is 5.69 Å². The van der Waals surface area contributed by atoms with Gasteiger partial charge in [0.05, 0.1) is 21.5 Å². The topological polar surface area (TPSA) is 58.2 Å². The molecular formula is C10H14Cl2N2O2S. The van der Waals surface area contributed by atoms with Crippen molar-refractivity contribution in [1.82, 2.24) is 5.32 Å². The molecule has 0 saturated carbocycles. The Bertz CT molecular complexity index is 457. The minimum Gasteiger partial charge on any atom is -0.320 e. The minimum absolute atomic E-state index is 0.0232. The molecule has 4 nitrogen and oxygen atoms in total. The average Bonchev–Trinajstić information content (AvgIpc) is 2.24. The lowest BCUT2D eigenvalue weighted by Crippen LogP contribution is -2.20. The first kappa shape index (κ1) is 14.6. The number of hydrogen-bond acceptors (Lipinski definition) is 3. The van der Waals surface area contributed by atoms with Crippen LogP contribution < -0.4 is 10.0 Å². The highest BCUT2D eigenvalue weighted by Crippen LogP contribution is 2.30. The van der Waals surface area contributed by atoms with Crippen molar-refractivity contribution in [3.8, 4) is 0 Å². The summed E-state index contributed by atoms with van der Waals surface area (Å²) in [6.45, 7) is 0.636. The van der Waals surface area contributed by atoms with Crippen LogP contribution in [0.1, 0.15) is 6.42 Å². The summed E-state index contributed by atoms with van der Waals surface area (Å²) in [6.07, 6.45) is 0.522. The van der Waals surface area contributed by atoms with E-state index >= 15 is 0 Å². The zero-order valence-corrected chi connectivity index (χ0v) is 11.7. The van der Waals surface area contributed by atoms with Gasteiger partial charge < -0.3 is 5.32 Å². The molecule has 2 N–H and O–H groups in total. The fourth-order valence-corrected chi connectivity index (χ4v) is 3.00. The van der Waals surface area contributed by atoms with Crippen LogP contribution in [0.15, 0.2) is 18.2 Å². The molecule has 1 aromatic carbocycles. The van der Waals surface area contributed by atoms with E-state index in [9.17, 15) is 8.42 Å². The molecule has 0 bridgehead atoms. The van der Waals surface area contributed by atoms with E-state index in [1.54, 1.807) is 25.2 Å². The van der Waals surface area contributed by atoms with E-state index in [0.717, 1.165) is 0 Å². The van der Waals surface area contributed by atoms with E-state index in [1.807, 2.05) is 0 Å². The third-order valence-corrected chi connectivity index (χ3v) is 4.03. The van der Waals surface area contributed by atoms with Crippen molar-refractivity contribution in [2.45, 2.75) is 6.42 Å². The summed E-state index contributed by atoms with van der Waals surface area (Å²) in [5.74, 6) is 0.0232. The molecule has 1 rings (SSSR count). The Hall–Kier alpha value is -0.490. The number of hydrogen-bond donors (Lipinski definition) is 2. The molecule has 0 fully saturated rings. The zero-order chi connectivity index (χ0) is 12.9. The molecule has 96 valence electrons. The summed E-state index contributed by atoms with van der Waals surface area (Å²) in [4.78, 5) is 0. The molecular weight excluding hydrogens is 283 g/mol. The van der Waals surface area contributed by atoms with Crippen LogP contribution in [0.3, 0.4) is 0 Å². The number of anilines is 1. The molecule has 0 radical (unpaired) electrons. The maximum atomic E-state index is 11.7. The predicted octanol–water partition coefficient (Wildman–Crippen LogP) is 2.34. The first-order chi connectivity index (χ1) is 7.96. The van der Waals surface area contributed by atoms with Crippen molar-refractivity contribution >= 4 is 38.9 Å². The van der Waals surface area contributed by atoms with E-state index < -0.39 is 10.0 Å². The van der Waals surface area contributed by atoms with E-state index in [4.69, 9.17) is 23.2 Å². The Labute approximate surface area is 111 Å². The van der Waals surface area contributed by atoms with Crippen molar-refractivity contribution < 1.29 is 8.42 Å². The number of para-hydroxylation sites is 1. The molecule has 0 aromatic heterocycles. The van der Waals surface area contributed by atoms with E-state index in [2.05, 4.69) is 10.0 Å². The van der Waals surface area contributed by atoms with Gasteiger partial charge >= 0.3 is 0 Å². The van der Waals surface area contributed by atoms with Gasteiger partial charge in [-0.05, 0) is 32.1 Å². The van der Waals surface area contributed by atoms with Gasteiger partial charge in [-0.25, -0.2) is 8.42 Å². The smallest absolute Gasteiger partial charge is 0.232 e. The van der Waals surface area contributed by atoms with Crippen molar-refractivity contribution in [2.24, 2.45) is 0 Å². The Balaban J connectivity index is 2.76. The van der Waals surface area contributed by atoms with Crippen LogP contribution in [0.25, 0.3) is 0 Å². The van der Waals surface area contributed by atoms with Gasteiger partial charge in [-0.3, -0.25) is 4.72 Å². The lowest BCUT2D eigenvalue weighted by atomic mass is 10.3. The number of sulfonamides is 1. The van der Waals surface area contributed by atoms with Crippen molar-refractivity contribution in [3.63, 3.8) is 0 Å². The second-order valence-corrected chi connectivity index (χ2v) is 6.13. The van der Waals surface area contributed by atoms with Gasteiger partial charge in [-0.1, -0.05) is 29.3 Å². The standard InChI is InChI=1S/C10H14Cl2N2O2S/c1-13-6-3-7-17(15,16)14-10-8(11)4-2-5-9(10)12/h2,4-5,13-14H,3,6-7H2,1H3. The van der Waals surface area contributed by atoms with Gasteiger partial charge in [0.25, 0.3) is 0 Å². The summed E-state index contributed by atoms with van der Waals surface area (Å²) in [7, 11) is -1.64. The van der Waals surface area contributed by atoms with Gasteiger partial charge in [-0.15, -0.1) is 0 Å². The van der Waals surface area contributed by atoms with Crippen molar-refractivity contribution in [2.75, 3.05) is 24.1 Å². The molecule has 0 amide bonds. The molecule has 0 saturated heterocycles. The van der Waals surface area contributed by atoms with Gasteiger partial charge in [0.2, 0.25) is 10.0 Å². The number of rotatable bonds is 6. The highest BCUT2D eigenvalue weighted by Gasteiger charge is 2.14. The van der Waals surface area contributed by atoms with Gasteiger partial charge in [0.1, 0.15) is 0 Å². The van der Waals surface area contributed by atoms with Crippen LogP contribution >= 0.6 is 23.2 Å². The average molecular weight is 297 g/mol. The summed E-state index contributed by atoms with van der Waals surface area (Å²) in [5, 5.41) is 3.46. The highest BCUT2D eigenvalue weighted by molar-refractivity contribution is 7.92. The van der Waals surface area contributed by atoms with Crippen molar-refractivity contribution in [3.05, 3.63) is 28.2 Å². The Morgan fingerprint density at radius 2 is 1.82 bits per heavy atom. The molecule has 7 heteroatoms. The largest absolute Gasteiger partial charge is 0.320 e. The Kier molecular flexibility index (Phi) is 5.52. The van der Waals surface area contributed by atoms with Crippen LogP contribution in [0, 0.1) is 0 Å². The van der Waals surface area contributed by atoms with Gasteiger partial charge in [-0.2, -0.15) is 0 Å². The first-order valence-corrected chi connectivity index (χ1v) is 7.46. The van der Waals surface area contributed by atoms with E-state index in [-0.39, 0.29) is 21.5 Å². The molecule has 0 heterocycles. The fourth-order valence-electron chi connectivity index (χ4n) is 1.24. The van der Waals surface area contributed by atoms with Gasteiger partial charge in [0.15, 0.2) is 0 Å². The molecule has 0 aliphatic carbocycles. The third kappa shape index (κ3) is 4.71. The highest BCUT2D eigenvalue weighted by atomic mass is 35.5. The van der Waals surface area contributed by atoms with Crippen LogP contribution in [-0.4, -0.2) is 27.8 Å². The SMILES string of the molecule is CNCCCS(=O)(=O)Nc1c(Cl)cccc1Cl. The summed E-state index contributed by atoms with van der Waals surface area (Å²) < 4.78 is 25.8. The third-order valence-electron chi connectivity index (χ3n) is 2.06. The number of nitrogens with one attached hydrogen (secondary N) is 2. The fraction of sp³-hybridized carbons (Fsp3) is 0.400. The second kappa shape index (κ2) is 6.44. The molecule has 0 unspecified atom stereocenters. The Morgan fingerprint density at radius 1 is 1.24 bits per heavy atom. The molecule has 0 aliphatic heterocycles. The number of halogens is 2. The molecule has 1 aromatic rings. The molecule has 0 aliphatic rings. The zero-order valence-electron chi connectivity index (χ0n) is 9.33. The summed E-state index contributed by atoms with van der Waals surface area (Å²) in [5.41, 5.74) is 0.236. The van der Waals surface area contributed by atoms with Crippen molar-refractivity contribution in [1.29, 1.82) is 0 Å². The minimum atomic E-state index is -3.41. The maximum absolute atomic E-state index is 11.7. The van der Waals surface area contributed by atoms with E-state index in [0.29, 0.717) is 13.0 Å². The summed E-state index contributed by atoms with van der Waals surface area (Å²) in [6, 6.07) is 4.82. The second-order valence-electron chi connectivity index (χ2n) is 3.47. The first-order valence-electron chi connectivity index (χ1n) is 5.05. The van der Waals surface area contributed by atoms with Crippen LogP contribution in [0.2, 0.25) is 10.0 Å². The predicted molar refractivity (Wildman–Crippen MR) is 72.4 cm³/mol. The maximum Gasteiger partial charge on any atom is 0.232 e. The lowest BCUT2D eigenvalue weighted by molar-refractivity contribution is 0.597. The monoisotopic (exact) mass is 296 g/mol. The van der Waals surface area contributed by atoms with Crippen LogP contribution in [0.5, 0.6) is 0 Å². The van der Waals surface area contributed by atoms with Gasteiger partial charge in [0, 0.05) is 0 Å². The molecule has 0 spiro atoms. The quantitative estimate of drug-likeness (QED) is 0.792. The Morgan fingerprint density at radius 3 is 2.35 bits per heavy atom. The lowest BCUT2D eigenvalue weighted by Gasteiger charge is -2.10. The van der Waals surface area contributed by atoms with E-state index in [1.165, 1.54) is 0 Å². The molecule has 17 heavy (non-hydrogen) atoms.